The minimum absolute atomic E-state index is 0.0413. The van der Waals surface area contributed by atoms with E-state index in [4.69, 9.17) is 10.6 Å². The molecule has 2 aromatic heterocycles. The minimum Gasteiger partial charge on any atom is -0.503 e. The predicted octanol–water partition coefficient (Wildman–Crippen LogP) is -1.25. The zero-order valence-electron chi connectivity index (χ0n) is 20.4. The molecule has 4 rings (SSSR count). The number of thioether (sulfide) groups is 1. The Balaban J connectivity index is 1.54. The van der Waals surface area contributed by atoms with E-state index in [0.29, 0.717) is 4.73 Å². The number of allylic oxidation sites excluding steroid dienone is 1. The average Bonchev–Trinajstić information content (AvgIpc) is 3.35. The van der Waals surface area contributed by atoms with Crippen molar-refractivity contribution in [2.45, 2.75) is 11.4 Å². The van der Waals surface area contributed by atoms with Gasteiger partial charge < -0.3 is 36.6 Å². The monoisotopic (exact) mass is 591 g/mol. The molecule has 0 aromatic carbocycles. The van der Waals surface area contributed by atoms with Crippen molar-refractivity contribution in [2.75, 3.05) is 25.1 Å². The molecule has 16 nitrogen and oxygen atoms in total. The van der Waals surface area contributed by atoms with Gasteiger partial charge in [-0.15, -0.1) is 23.1 Å². The fraction of sp³-hybridized carbons (Fsp3) is 0.227. The first-order valence-electron chi connectivity index (χ1n) is 11.2. The number of hydrogen-bond donors (Lipinski definition) is 6. The van der Waals surface area contributed by atoms with Gasteiger partial charge in [0, 0.05) is 24.2 Å². The third-order valence-corrected chi connectivity index (χ3v) is 7.57. The minimum atomic E-state index is -1.40. The Morgan fingerprint density at radius 1 is 1.32 bits per heavy atom. The van der Waals surface area contributed by atoms with Gasteiger partial charge in [-0.25, -0.2) is 9.78 Å². The Kier molecular flexibility index (Phi) is 8.10. The van der Waals surface area contributed by atoms with Crippen LogP contribution in [0.5, 0.6) is 5.75 Å². The van der Waals surface area contributed by atoms with Crippen LogP contribution in [0.15, 0.2) is 44.9 Å². The quantitative estimate of drug-likeness (QED) is 0.0868. The fourth-order valence-corrected chi connectivity index (χ4v) is 5.51. The molecule has 0 spiro atoms. The molecule has 18 heteroatoms. The molecule has 2 aliphatic rings. The third kappa shape index (κ3) is 5.61. The van der Waals surface area contributed by atoms with Crippen molar-refractivity contribution in [3.8, 4) is 5.75 Å². The highest BCUT2D eigenvalue weighted by molar-refractivity contribution is 8.00. The van der Waals surface area contributed by atoms with Crippen LogP contribution < -0.4 is 21.8 Å². The number of aromatic nitrogens is 2. The summed E-state index contributed by atoms with van der Waals surface area (Å²) in [6.07, 6.45) is 3.36. The van der Waals surface area contributed by atoms with Crippen molar-refractivity contribution in [1.29, 1.82) is 0 Å². The number of nitrogen functional groups attached to an aromatic ring is 1. The summed E-state index contributed by atoms with van der Waals surface area (Å²) in [5.74, 6) is -4.05. The maximum Gasteiger partial charge on any atom is 0.352 e. The Morgan fingerprint density at radius 3 is 2.73 bits per heavy atom. The van der Waals surface area contributed by atoms with Gasteiger partial charge in [0.05, 0.1) is 11.9 Å². The van der Waals surface area contributed by atoms with E-state index in [2.05, 4.69) is 20.8 Å². The summed E-state index contributed by atoms with van der Waals surface area (Å²) >= 11 is 2.19. The third-order valence-electron chi connectivity index (χ3n) is 5.59. The van der Waals surface area contributed by atoms with E-state index < -0.39 is 52.9 Å². The fourth-order valence-electron chi connectivity index (χ4n) is 3.65. The maximum atomic E-state index is 13.1. The second-order valence-corrected chi connectivity index (χ2v) is 10.1. The Labute approximate surface area is 232 Å². The molecule has 40 heavy (non-hydrogen) atoms. The van der Waals surface area contributed by atoms with E-state index in [-0.39, 0.29) is 39.3 Å². The lowest BCUT2D eigenvalue weighted by molar-refractivity contribution is -0.150. The molecule has 1 fully saturated rings. The molecule has 0 bridgehead atoms. The number of carboxylic acid groups (broad SMARTS) is 1. The predicted molar refractivity (Wildman–Crippen MR) is 141 cm³/mol. The van der Waals surface area contributed by atoms with E-state index in [9.17, 15) is 39.4 Å². The topological polar surface area (TPSA) is 239 Å². The molecular formula is C22H21N7O9S2. The van der Waals surface area contributed by atoms with Gasteiger partial charge in [-0.1, -0.05) is 11.2 Å². The van der Waals surface area contributed by atoms with Gasteiger partial charge in [-0.05, 0) is 11.6 Å². The number of pyridine rings is 1. The lowest BCUT2D eigenvalue weighted by Gasteiger charge is -2.49. The summed E-state index contributed by atoms with van der Waals surface area (Å²) in [6, 6.07) is -0.170. The largest absolute Gasteiger partial charge is 0.503 e. The van der Waals surface area contributed by atoms with Crippen molar-refractivity contribution in [3.63, 3.8) is 0 Å². The molecule has 0 radical (unpaired) electrons. The molecule has 7 N–H and O–H groups in total. The molecule has 3 amide bonds. The van der Waals surface area contributed by atoms with E-state index in [1.807, 2.05) is 0 Å². The van der Waals surface area contributed by atoms with Gasteiger partial charge in [0.1, 0.15) is 22.8 Å². The number of β-lactam (4-membered cyclic amide) rings is 1. The number of amides is 3. The molecule has 1 saturated heterocycles. The molecular weight excluding hydrogens is 570 g/mol. The smallest absolute Gasteiger partial charge is 0.352 e. The molecule has 0 aliphatic carbocycles. The highest BCUT2D eigenvalue weighted by atomic mass is 32.2. The second-order valence-electron chi connectivity index (χ2n) is 8.12. The maximum absolute atomic E-state index is 13.1. The lowest BCUT2D eigenvalue weighted by Crippen LogP contribution is -2.71. The van der Waals surface area contributed by atoms with Gasteiger partial charge in [0.2, 0.25) is 5.43 Å². The highest BCUT2D eigenvalue weighted by Gasteiger charge is 2.54. The lowest BCUT2D eigenvalue weighted by atomic mass is 10.0. The number of aliphatic carboxylic acids is 1. The van der Waals surface area contributed by atoms with Crippen molar-refractivity contribution >= 4 is 63.7 Å². The zero-order valence-corrected chi connectivity index (χ0v) is 22.1. The van der Waals surface area contributed by atoms with Crippen LogP contribution in [0.25, 0.3) is 6.08 Å². The van der Waals surface area contributed by atoms with Gasteiger partial charge in [0.25, 0.3) is 17.7 Å². The Morgan fingerprint density at radius 2 is 2.08 bits per heavy atom. The van der Waals surface area contributed by atoms with Crippen LogP contribution >= 0.6 is 23.1 Å². The highest BCUT2D eigenvalue weighted by Crippen LogP contribution is 2.40. The first kappa shape index (κ1) is 28.2. The van der Waals surface area contributed by atoms with Crippen LogP contribution in [-0.2, 0) is 24.0 Å². The average molecular weight is 592 g/mol. The molecule has 4 heterocycles. The number of carbonyl (C=O) groups is 4. The van der Waals surface area contributed by atoms with Crippen LogP contribution in [0.1, 0.15) is 11.4 Å². The number of fused-ring (bicyclic) bond motifs is 1. The number of thiazole rings is 1. The summed E-state index contributed by atoms with van der Waals surface area (Å²) in [7, 11) is 1.39. The van der Waals surface area contributed by atoms with Crippen molar-refractivity contribution in [1.82, 2.24) is 25.2 Å². The van der Waals surface area contributed by atoms with Crippen LogP contribution in [0.4, 0.5) is 5.13 Å². The SMILES string of the molecule is CNC(=O)CON=C(C(=O)N[C@@H]1C(=O)N2C(C(=O)O)=C(C=Cc3cc(=O)c(O)cn3O)CS[C@H]12)c1csc(N)n1. The van der Waals surface area contributed by atoms with Crippen LogP contribution in [0.2, 0.25) is 0 Å². The zero-order chi connectivity index (χ0) is 29.1. The summed E-state index contributed by atoms with van der Waals surface area (Å²) in [5.41, 5.74) is 4.42. The summed E-state index contributed by atoms with van der Waals surface area (Å²) in [6.45, 7) is -0.485. The van der Waals surface area contributed by atoms with Crippen LogP contribution in [0, 0.1) is 0 Å². The Bertz CT molecular complexity index is 1550. The summed E-state index contributed by atoms with van der Waals surface area (Å²) < 4.78 is 0.487. The van der Waals surface area contributed by atoms with Gasteiger partial charge in [-0.3, -0.25) is 24.1 Å². The molecule has 2 atom stereocenters. The number of nitrogens with one attached hydrogen (secondary N) is 2. The number of carboxylic acids is 1. The number of oxime groups is 1. The first-order valence-corrected chi connectivity index (χ1v) is 13.1. The second kappa shape index (κ2) is 11.5. The Hall–Kier alpha value is -4.84. The standard InChI is InChI=1S/C22H21N7O9S2/c1-24-14(32)6-38-27-15(11-8-40-22(23)25-11)18(33)26-16-19(34)29-17(21(35)36)9(7-39-20(16)29)2-3-10-4-12(30)13(31)5-28(10)37/h2-5,8,16,20,31,37H,6-7H2,1H3,(H2,23,25)(H,24,32)(H,26,33)(H,35,36)/t16-,20-/m1/s1. The normalized spacial score (nSPS) is 18.8. The van der Waals surface area contributed by atoms with Crippen LogP contribution in [0.3, 0.4) is 0 Å². The van der Waals surface area contributed by atoms with Gasteiger partial charge in [-0.2, -0.15) is 4.73 Å². The van der Waals surface area contributed by atoms with Crippen LogP contribution in [-0.4, -0.2) is 90.3 Å². The number of nitrogens with two attached hydrogens (primary N) is 1. The van der Waals surface area contributed by atoms with E-state index in [1.54, 1.807) is 0 Å². The number of carbonyl (C=O) groups excluding carboxylic acids is 3. The number of nitrogens with zero attached hydrogens (tertiary/aromatic N) is 4. The number of hydrogen-bond acceptors (Lipinski definition) is 13. The first-order chi connectivity index (χ1) is 19.0. The van der Waals surface area contributed by atoms with Crippen molar-refractivity contribution in [3.05, 3.63) is 56.6 Å². The molecule has 0 saturated carbocycles. The van der Waals surface area contributed by atoms with Crippen molar-refractivity contribution in [2.24, 2.45) is 5.16 Å². The number of anilines is 1. The molecule has 0 unspecified atom stereocenters. The number of rotatable bonds is 9. The molecule has 2 aliphatic heterocycles. The van der Waals surface area contributed by atoms with E-state index >= 15 is 0 Å². The summed E-state index contributed by atoms with van der Waals surface area (Å²) in [4.78, 5) is 71.2. The molecule has 210 valence electrons. The van der Waals surface area contributed by atoms with Gasteiger partial charge >= 0.3 is 5.97 Å². The molecule has 2 aromatic rings. The summed E-state index contributed by atoms with van der Waals surface area (Å²) in [5, 5.41) is 38.5. The number of aromatic hydroxyl groups is 1. The van der Waals surface area contributed by atoms with Gasteiger partial charge in [0.15, 0.2) is 23.2 Å². The van der Waals surface area contributed by atoms with E-state index in [0.717, 1.165) is 28.5 Å². The number of likely N-dealkylation sites (N-methyl/N-ethyl adjacent to an activating group) is 1. The van der Waals surface area contributed by atoms with E-state index in [1.165, 1.54) is 36.3 Å². The van der Waals surface area contributed by atoms with Crippen molar-refractivity contribution < 1.29 is 39.4 Å².